The molecule has 0 spiro atoms. The lowest BCUT2D eigenvalue weighted by molar-refractivity contribution is 0.0614. The lowest BCUT2D eigenvalue weighted by Gasteiger charge is -2.23. The molecule has 1 saturated heterocycles. The molecule has 0 saturated carbocycles. The predicted octanol–water partition coefficient (Wildman–Crippen LogP) is 3.22. The molecule has 0 bridgehead atoms. The molecule has 3 heterocycles. The van der Waals surface area contributed by atoms with Crippen molar-refractivity contribution in [2.24, 2.45) is 5.92 Å². The summed E-state index contributed by atoms with van der Waals surface area (Å²) in [6.07, 6.45) is 5.80. The first-order chi connectivity index (χ1) is 12.7. The maximum absolute atomic E-state index is 12.6. The number of nitrogens with one attached hydrogen (secondary N) is 1. The molecule has 1 N–H and O–H groups in total. The number of imidazole rings is 1. The molecule has 3 aromatic rings. The van der Waals surface area contributed by atoms with Crippen LogP contribution < -0.4 is 10.3 Å². The van der Waals surface area contributed by atoms with E-state index in [2.05, 4.69) is 14.5 Å². The second-order valence-electron chi connectivity index (χ2n) is 6.65. The highest BCUT2D eigenvalue weighted by Crippen LogP contribution is 2.24. The Balaban J connectivity index is 1.70. The molecule has 1 aromatic carbocycles. The Morgan fingerprint density at radius 1 is 1.31 bits per heavy atom. The number of nitrogens with zero attached hydrogens (tertiary/aromatic N) is 2. The average molecular weight is 353 g/mol. The minimum Gasteiger partial charge on any atom is -0.494 e. The Morgan fingerprint density at radius 3 is 2.96 bits per heavy atom. The number of benzene rings is 1. The number of pyridine rings is 1. The number of ether oxygens (including phenoxy) is 2. The van der Waals surface area contributed by atoms with E-state index < -0.39 is 0 Å². The second-order valence-corrected chi connectivity index (χ2v) is 6.65. The van der Waals surface area contributed by atoms with Crippen molar-refractivity contribution in [2.75, 3.05) is 19.8 Å². The van der Waals surface area contributed by atoms with Crippen LogP contribution in [-0.4, -0.2) is 34.4 Å². The van der Waals surface area contributed by atoms with Gasteiger partial charge in [-0.1, -0.05) is 0 Å². The van der Waals surface area contributed by atoms with Gasteiger partial charge in [-0.25, -0.2) is 4.98 Å². The Hall–Kier alpha value is -2.60. The predicted molar refractivity (Wildman–Crippen MR) is 101 cm³/mol. The SMILES string of the molecule is CCOc1ccc2[nH]c(=O)c(-c3nccn3CC3CCOCC3)cc2c1. The average Bonchev–Trinajstić information content (AvgIpc) is 3.10. The van der Waals surface area contributed by atoms with E-state index in [9.17, 15) is 4.79 Å². The molecule has 1 aliphatic rings. The molecule has 26 heavy (non-hydrogen) atoms. The zero-order valence-corrected chi connectivity index (χ0v) is 14.9. The van der Waals surface area contributed by atoms with E-state index in [1.807, 2.05) is 37.4 Å². The van der Waals surface area contributed by atoms with Crippen LogP contribution in [0.3, 0.4) is 0 Å². The Bertz CT molecular complexity index is 954. The highest BCUT2D eigenvalue weighted by atomic mass is 16.5. The number of fused-ring (bicyclic) bond motifs is 1. The zero-order valence-electron chi connectivity index (χ0n) is 14.9. The van der Waals surface area contributed by atoms with Crippen LogP contribution in [-0.2, 0) is 11.3 Å². The largest absolute Gasteiger partial charge is 0.494 e. The Labute approximate surface area is 151 Å². The van der Waals surface area contributed by atoms with Gasteiger partial charge in [0.05, 0.1) is 12.2 Å². The first-order valence-corrected chi connectivity index (χ1v) is 9.13. The molecule has 6 heteroatoms. The minimum absolute atomic E-state index is 0.124. The fourth-order valence-electron chi connectivity index (χ4n) is 3.52. The van der Waals surface area contributed by atoms with E-state index >= 15 is 0 Å². The summed E-state index contributed by atoms with van der Waals surface area (Å²) in [4.78, 5) is 20.0. The molecular formula is C20H23N3O3. The quantitative estimate of drug-likeness (QED) is 0.765. The van der Waals surface area contributed by atoms with Gasteiger partial charge in [0.2, 0.25) is 0 Å². The monoisotopic (exact) mass is 353 g/mol. The van der Waals surface area contributed by atoms with Gasteiger partial charge < -0.3 is 19.0 Å². The number of aromatic nitrogens is 3. The van der Waals surface area contributed by atoms with Crippen LogP contribution >= 0.6 is 0 Å². The maximum atomic E-state index is 12.6. The van der Waals surface area contributed by atoms with E-state index in [0.717, 1.165) is 49.3 Å². The van der Waals surface area contributed by atoms with Crippen molar-refractivity contribution in [1.29, 1.82) is 0 Å². The van der Waals surface area contributed by atoms with Crippen LogP contribution in [0.25, 0.3) is 22.3 Å². The van der Waals surface area contributed by atoms with E-state index in [-0.39, 0.29) is 5.56 Å². The summed E-state index contributed by atoms with van der Waals surface area (Å²) in [6.45, 7) is 5.04. The van der Waals surface area contributed by atoms with Gasteiger partial charge in [-0.15, -0.1) is 0 Å². The summed E-state index contributed by atoms with van der Waals surface area (Å²) in [6, 6.07) is 7.59. The Kier molecular flexibility index (Phi) is 4.75. The molecule has 0 aliphatic carbocycles. The van der Waals surface area contributed by atoms with Gasteiger partial charge >= 0.3 is 0 Å². The molecule has 136 valence electrons. The third-order valence-corrected chi connectivity index (χ3v) is 4.88. The Morgan fingerprint density at radius 2 is 2.15 bits per heavy atom. The molecule has 0 unspecified atom stereocenters. The smallest absolute Gasteiger partial charge is 0.259 e. The topological polar surface area (TPSA) is 69.1 Å². The van der Waals surface area contributed by atoms with E-state index in [0.29, 0.717) is 23.9 Å². The van der Waals surface area contributed by atoms with Crippen molar-refractivity contribution >= 4 is 10.9 Å². The molecule has 1 fully saturated rings. The van der Waals surface area contributed by atoms with Crippen LogP contribution in [0.15, 0.2) is 41.5 Å². The molecule has 6 nitrogen and oxygen atoms in total. The highest BCUT2D eigenvalue weighted by Gasteiger charge is 2.18. The number of H-pyrrole nitrogens is 1. The van der Waals surface area contributed by atoms with Crippen molar-refractivity contribution in [3.63, 3.8) is 0 Å². The fraction of sp³-hybridized carbons (Fsp3) is 0.400. The minimum atomic E-state index is -0.124. The molecule has 2 aromatic heterocycles. The summed E-state index contributed by atoms with van der Waals surface area (Å²) >= 11 is 0. The molecule has 1 aliphatic heterocycles. The molecule has 0 amide bonds. The van der Waals surface area contributed by atoms with Gasteiger partial charge in [-0.3, -0.25) is 4.79 Å². The van der Waals surface area contributed by atoms with Gasteiger partial charge in [0, 0.05) is 43.1 Å². The fourth-order valence-corrected chi connectivity index (χ4v) is 3.52. The van der Waals surface area contributed by atoms with Crippen molar-refractivity contribution in [3.05, 3.63) is 47.0 Å². The summed E-state index contributed by atoms with van der Waals surface area (Å²) in [5.74, 6) is 2.06. The van der Waals surface area contributed by atoms with Gasteiger partial charge in [-0.05, 0) is 49.9 Å². The van der Waals surface area contributed by atoms with E-state index in [1.54, 1.807) is 6.20 Å². The maximum Gasteiger partial charge on any atom is 0.259 e. The van der Waals surface area contributed by atoms with E-state index in [4.69, 9.17) is 9.47 Å². The van der Waals surface area contributed by atoms with Crippen molar-refractivity contribution in [2.45, 2.75) is 26.3 Å². The van der Waals surface area contributed by atoms with Gasteiger partial charge in [0.15, 0.2) is 0 Å². The number of hydrogen-bond donors (Lipinski definition) is 1. The van der Waals surface area contributed by atoms with E-state index in [1.165, 1.54) is 0 Å². The first-order valence-electron chi connectivity index (χ1n) is 9.13. The summed E-state index contributed by atoms with van der Waals surface area (Å²) in [5, 5.41) is 0.936. The molecule has 4 rings (SSSR count). The number of rotatable bonds is 5. The summed E-state index contributed by atoms with van der Waals surface area (Å²) in [5.41, 5.74) is 1.26. The van der Waals surface area contributed by atoms with Crippen molar-refractivity contribution in [1.82, 2.24) is 14.5 Å². The standard InChI is InChI=1S/C20H23N3O3/c1-2-26-16-3-4-18-15(11-16)12-17(20(24)22-18)19-21-7-8-23(19)13-14-5-9-25-10-6-14/h3-4,7-8,11-12,14H,2,5-6,9-10,13H2,1H3,(H,22,24). The summed E-state index contributed by atoms with van der Waals surface area (Å²) in [7, 11) is 0. The van der Waals surface area contributed by atoms with Crippen LogP contribution in [0.4, 0.5) is 0 Å². The van der Waals surface area contributed by atoms with Crippen LogP contribution in [0.1, 0.15) is 19.8 Å². The summed E-state index contributed by atoms with van der Waals surface area (Å²) < 4.78 is 13.1. The lowest BCUT2D eigenvalue weighted by Crippen LogP contribution is -2.21. The molecule has 0 atom stereocenters. The van der Waals surface area contributed by atoms with Crippen molar-refractivity contribution in [3.8, 4) is 17.1 Å². The lowest BCUT2D eigenvalue weighted by atomic mass is 10.0. The third-order valence-electron chi connectivity index (χ3n) is 4.88. The molecule has 0 radical (unpaired) electrons. The highest BCUT2D eigenvalue weighted by molar-refractivity contribution is 5.83. The number of aromatic amines is 1. The van der Waals surface area contributed by atoms with Gasteiger partial charge in [0.25, 0.3) is 5.56 Å². The van der Waals surface area contributed by atoms with Gasteiger partial charge in [0.1, 0.15) is 11.6 Å². The van der Waals surface area contributed by atoms with Crippen molar-refractivity contribution < 1.29 is 9.47 Å². The number of hydrogen-bond acceptors (Lipinski definition) is 4. The second kappa shape index (κ2) is 7.33. The zero-order chi connectivity index (χ0) is 17.9. The van der Waals surface area contributed by atoms with Crippen LogP contribution in [0, 0.1) is 5.92 Å². The normalized spacial score (nSPS) is 15.4. The van der Waals surface area contributed by atoms with Crippen LogP contribution in [0.2, 0.25) is 0 Å². The third kappa shape index (κ3) is 3.37. The molecular weight excluding hydrogens is 330 g/mol. The van der Waals surface area contributed by atoms with Crippen LogP contribution in [0.5, 0.6) is 5.75 Å². The first kappa shape index (κ1) is 16.8. The van der Waals surface area contributed by atoms with Gasteiger partial charge in [-0.2, -0.15) is 0 Å².